The smallest absolute Gasteiger partial charge is 0.225 e. The Kier molecular flexibility index (Phi) is 5.51. The van der Waals surface area contributed by atoms with E-state index in [-0.39, 0.29) is 11.9 Å². The van der Waals surface area contributed by atoms with Crippen LogP contribution in [0.3, 0.4) is 0 Å². The third kappa shape index (κ3) is 4.19. The predicted octanol–water partition coefficient (Wildman–Crippen LogP) is 1.35. The third-order valence-corrected chi connectivity index (χ3v) is 4.39. The first-order valence-electron chi connectivity index (χ1n) is 8.84. The summed E-state index contributed by atoms with van der Waals surface area (Å²) < 4.78 is 7.42. The molecule has 2 aromatic rings. The fourth-order valence-electron chi connectivity index (χ4n) is 3.01. The number of nitrogens with zero attached hydrogens (tertiary/aromatic N) is 6. The number of amides is 1. The van der Waals surface area contributed by atoms with Crippen molar-refractivity contribution in [3.05, 3.63) is 35.5 Å². The molecule has 8 nitrogen and oxygen atoms in total. The second-order valence-electron chi connectivity index (χ2n) is 6.77. The molecule has 0 unspecified atom stereocenters. The molecule has 2 aromatic heterocycles. The van der Waals surface area contributed by atoms with Gasteiger partial charge in [0.15, 0.2) is 5.82 Å². The molecule has 0 saturated carbocycles. The summed E-state index contributed by atoms with van der Waals surface area (Å²) in [6.07, 6.45) is 2.29. The normalized spacial score (nSPS) is 17.4. The van der Waals surface area contributed by atoms with E-state index in [1.54, 1.807) is 4.68 Å². The maximum absolute atomic E-state index is 12.8. The Bertz CT molecular complexity index is 773. The van der Waals surface area contributed by atoms with Crippen molar-refractivity contribution in [3.8, 4) is 0 Å². The first kappa shape index (κ1) is 18.3. The van der Waals surface area contributed by atoms with Crippen LogP contribution in [0.25, 0.3) is 0 Å². The molecule has 3 rings (SSSR count). The highest BCUT2D eigenvalue weighted by molar-refractivity contribution is 5.76. The van der Waals surface area contributed by atoms with Crippen LogP contribution < -0.4 is 4.90 Å². The number of carbonyl (C=O) groups excluding carboxylic acids is 1. The summed E-state index contributed by atoms with van der Waals surface area (Å²) >= 11 is 0. The van der Waals surface area contributed by atoms with E-state index in [2.05, 4.69) is 15.1 Å². The van der Waals surface area contributed by atoms with E-state index in [1.807, 2.05) is 56.1 Å². The lowest BCUT2D eigenvalue weighted by atomic mass is 10.2. The summed E-state index contributed by atoms with van der Waals surface area (Å²) in [7, 11) is 3.88. The number of rotatable bonds is 5. The summed E-state index contributed by atoms with van der Waals surface area (Å²) in [5.74, 6) is 1.54. The number of carbonyl (C=O) groups is 1. The summed E-state index contributed by atoms with van der Waals surface area (Å²) in [4.78, 5) is 25.8. The Labute approximate surface area is 153 Å². The lowest BCUT2D eigenvalue weighted by molar-refractivity contribution is -0.140. The molecule has 0 aromatic carbocycles. The van der Waals surface area contributed by atoms with Gasteiger partial charge in [-0.05, 0) is 19.9 Å². The van der Waals surface area contributed by atoms with E-state index in [1.165, 1.54) is 0 Å². The first-order valence-corrected chi connectivity index (χ1v) is 8.84. The van der Waals surface area contributed by atoms with E-state index in [4.69, 9.17) is 4.74 Å². The summed E-state index contributed by atoms with van der Waals surface area (Å²) in [6.45, 7) is 5.95. The Morgan fingerprint density at radius 3 is 2.81 bits per heavy atom. The zero-order valence-corrected chi connectivity index (χ0v) is 15.8. The lowest BCUT2D eigenvalue weighted by Gasteiger charge is -2.35. The molecule has 3 heterocycles. The largest absolute Gasteiger partial charge is 0.377 e. The number of anilines is 1. The van der Waals surface area contributed by atoms with E-state index in [0.717, 1.165) is 17.2 Å². The molecule has 0 N–H and O–H groups in total. The summed E-state index contributed by atoms with van der Waals surface area (Å²) in [6, 6.07) is 3.61. The highest BCUT2D eigenvalue weighted by Crippen LogP contribution is 2.24. The van der Waals surface area contributed by atoms with Gasteiger partial charge in [0.25, 0.3) is 0 Å². The van der Waals surface area contributed by atoms with E-state index >= 15 is 0 Å². The molecule has 1 fully saturated rings. The van der Waals surface area contributed by atoms with Gasteiger partial charge < -0.3 is 14.5 Å². The molecule has 1 amide bonds. The summed E-state index contributed by atoms with van der Waals surface area (Å²) in [5.41, 5.74) is 1.83. The van der Waals surface area contributed by atoms with Crippen molar-refractivity contribution in [3.63, 3.8) is 0 Å². The fraction of sp³-hybridized carbons (Fsp3) is 0.556. The van der Waals surface area contributed by atoms with Crippen molar-refractivity contribution in [1.29, 1.82) is 0 Å². The van der Waals surface area contributed by atoms with Gasteiger partial charge in [-0.2, -0.15) is 5.10 Å². The van der Waals surface area contributed by atoms with Crippen molar-refractivity contribution < 1.29 is 9.53 Å². The quantitative estimate of drug-likeness (QED) is 0.803. The molecule has 0 aliphatic carbocycles. The number of hydrogen-bond acceptors (Lipinski definition) is 6. The number of morpholine rings is 1. The predicted molar refractivity (Wildman–Crippen MR) is 98.0 cm³/mol. The van der Waals surface area contributed by atoms with Crippen LogP contribution in [-0.2, 0) is 16.1 Å². The van der Waals surface area contributed by atoms with Crippen molar-refractivity contribution in [2.24, 2.45) is 0 Å². The highest BCUT2D eigenvalue weighted by atomic mass is 16.5. The second kappa shape index (κ2) is 7.82. The third-order valence-electron chi connectivity index (χ3n) is 4.39. The van der Waals surface area contributed by atoms with Crippen LogP contribution in [0.1, 0.15) is 29.7 Å². The zero-order chi connectivity index (χ0) is 18.7. The van der Waals surface area contributed by atoms with Gasteiger partial charge in [0.1, 0.15) is 11.9 Å². The van der Waals surface area contributed by atoms with E-state index < -0.39 is 0 Å². The molecule has 26 heavy (non-hydrogen) atoms. The van der Waals surface area contributed by atoms with Gasteiger partial charge in [0.05, 0.1) is 18.9 Å². The minimum atomic E-state index is -0.255. The van der Waals surface area contributed by atoms with E-state index in [9.17, 15) is 4.79 Å². The van der Waals surface area contributed by atoms with Crippen molar-refractivity contribution in [2.45, 2.75) is 32.9 Å². The Hall–Kier alpha value is -2.48. The van der Waals surface area contributed by atoms with Gasteiger partial charge in [-0.25, -0.2) is 9.97 Å². The summed E-state index contributed by atoms with van der Waals surface area (Å²) in [5, 5.41) is 4.34. The average molecular weight is 358 g/mol. The van der Waals surface area contributed by atoms with Crippen LogP contribution in [0.5, 0.6) is 0 Å². The van der Waals surface area contributed by atoms with Crippen LogP contribution in [0, 0.1) is 13.8 Å². The number of aromatic nitrogens is 4. The molecular formula is C18H26N6O2. The van der Waals surface area contributed by atoms with Gasteiger partial charge in [0, 0.05) is 51.6 Å². The molecule has 0 bridgehead atoms. The molecule has 1 aliphatic heterocycles. The van der Waals surface area contributed by atoms with Gasteiger partial charge >= 0.3 is 0 Å². The average Bonchev–Trinajstić information content (AvgIpc) is 3.04. The maximum atomic E-state index is 12.8. The van der Waals surface area contributed by atoms with Crippen LogP contribution in [0.2, 0.25) is 0 Å². The zero-order valence-electron chi connectivity index (χ0n) is 15.8. The molecule has 8 heteroatoms. The molecular weight excluding hydrogens is 332 g/mol. The van der Waals surface area contributed by atoms with Crippen LogP contribution in [0.15, 0.2) is 18.3 Å². The van der Waals surface area contributed by atoms with E-state index in [0.29, 0.717) is 38.5 Å². The number of hydrogen-bond donors (Lipinski definition) is 0. The molecule has 1 atom stereocenters. The standard InChI is InChI=1S/C18H26N6O2/c1-13-5-7-23(21-13)8-6-17(25)24-9-10-26-12-15(24)18-19-14(2)11-16(20-18)22(3)4/h5,7,11,15H,6,8-10,12H2,1-4H3/t15-/m0/s1. The first-order chi connectivity index (χ1) is 12.4. The van der Waals surface area contributed by atoms with Crippen LogP contribution in [-0.4, -0.2) is 64.4 Å². The topological polar surface area (TPSA) is 76.4 Å². The molecule has 0 spiro atoms. The molecule has 1 aliphatic rings. The van der Waals surface area contributed by atoms with Crippen LogP contribution >= 0.6 is 0 Å². The fourth-order valence-corrected chi connectivity index (χ4v) is 3.01. The monoisotopic (exact) mass is 358 g/mol. The number of ether oxygens (including phenoxy) is 1. The van der Waals surface area contributed by atoms with Gasteiger partial charge in [0.2, 0.25) is 5.91 Å². The second-order valence-corrected chi connectivity index (χ2v) is 6.77. The van der Waals surface area contributed by atoms with Gasteiger partial charge in [-0.15, -0.1) is 0 Å². The Morgan fingerprint density at radius 1 is 1.31 bits per heavy atom. The van der Waals surface area contributed by atoms with Gasteiger partial charge in [-0.1, -0.05) is 0 Å². The Morgan fingerprint density at radius 2 is 2.12 bits per heavy atom. The van der Waals surface area contributed by atoms with Crippen LogP contribution in [0.4, 0.5) is 5.82 Å². The minimum absolute atomic E-state index is 0.0722. The molecule has 1 saturated heterocycles. The number of aryl methyl sites for hydroxylation is 3. The molecule has 0 radical (unpaired) electrons. The van der Waals surface area contributed by atoms with Crippen molar-refractivity contribution in [1.82, 2.24) is 24.6 Å². The maximum Gasteiger partial charge on any atom is 0.225 e. The van der Waals surface area contributed by atoms with Gasteiger partial charge in [-0.3, -0.25) is 9.48 Å². The SMILES string of the molecule is Cc1cc(N(C)C)nc([C@@H]2COCCN2C(=O)CCn2ccc(C)n2)n1. The van der Waals surface area contributed by atoms with Crippen molar-refractivity contribution in [2.75, 3.05) is 38.8 Å². The molecule has 140 valence electrons. The van der Waals surface area contributed by atoms with Crippen molar-refractivity contribution >= 4 is 11.7 Å². The minimum Gasteiger partial charge on any atom is -0.377 e. The highest BCUT2D eigenvalue weighted by Gasteiger charge is 2.31. The lowest BCUT2D eigenvalue weighted by Crippen LogP contribution is -2.44. The Balaban J connectivity index is 1.76.